The van der Waals surface area contributed by atoms with Crippen LogP contribution >= 0.6 is 0 Å². The molecule has 1 aliphatic rings. The molecule has 1 fully saturated rings. The summed E-state index contributed by atoms with van der Waals surface area (Å²) in [7, 11) is 3.31. The second-order valence-electron chi connectivity index (χ2n) is 5.46. The molecule has 8 nitrogen and oxygen atoms in total. The first-order chi connectivity index (χ1) is 11.2. The predicted octanol–water partition coefficient (Wildman–Crippen LogP) is 0.538. The molecule has 1 aliphatic heterocycles. The van der Waals surface area contributed by atoms with E-state index in [0.717, 1.165) is 12.1 Å². The number of carbonyl (C=O) groups is 1. The minimum absolute atomic E-state index is 0.0186. The zero-order valence-corrected chi connectivity index (χ0v) is 13.1. The van der Waals surface area contributed by atoms with Gasteiger partial charge in [-0.1, -0.05) is 0 Å². The summed E-state index contributed by atoms with van der Waals surface area (Å²) >= 11 is 0. The molecular formula is C15H19N5O3. The number of hydrogen-bond donors (Lipinski definition) is 0. The lowest BCUT2D eigenvalue weighted by atomic mass is 10.1. The first-order valence-electron chi connectivity index (χ1n) is 7.39. The van der Waals surface area contributed by atoms with E-state index in [1.165, 1.54) is 6.33 Å². The van der Waals surface area contributed by atoms with Gasteiger partial charge in [0.15, 0.2) is 0 Å². The SMILES string of the molecule is COC[C@@H]1C[C@H](OC)CN1C(=O)c1ccc(-n2cnnn2)cc1. The van der Waals surface area contributed by atoms with Gasteiger partial charge in [-0.2, -0.15) is 0 Å². The number of methoxy groups -OCH3 is 2. The van der Waals surface area contributed by atoms with Crippen molar-refractivity contribution in [2.75, 3.05) is 27.4 Å². The highest BCUT2D eigenvalue weighted by molar-refractivity contribution is 5.94. The summed E-state index contributed by atoms with van der Waals surface area (Å²) in [6, 6.07) is 7.24. The largest absolute Gasteiger partial charge is 0.383 e. The van der Waals surface area contributed by atoms with Crippen molar-refractivity contribution >= 4 is 5.91 Å². The number of likely N-dealkylation sites (tertiary alicyclic amines) is 1. The second-order valence-corrected chi connectivity index (χ2v) is 5.46. The van der Waals surface area contributed by atoms with Crippen LogP contribution in [0.15, 0.2) is 30.6 Å². The van der Waals surface area contributed by atoms with E-state index in [-0.39, 0.29) is 18.1 Å². The molecule has 8 heteroatoms. The summed E-state index contributed by atoms with van der Waals surface area (Å²) in [6.07, 6.45) is 2.35. The van der Waals surface area contributed by atoms with Gasteiger partial charge in [-0.05, 0) is 41.1 Å². The summed E-state index contributed by atoms with van der Waals surface area (Å²) in [5.74, 6) is -0.0186. The van der Waals surface area contributed by atoms with Crippen LogP contribution in [0, 0.1) is 0 Å². The molecule has 0 unspecified atom stereocenters. The van der Waals surface area contributed by atoms with Crippen LogP contribution in [0.25, 0.3) is 5.69 Å². The predicted molar refractivity (Wildman–Crippen MR) is 81.3 cm³/mol. The van der Waals surface area contributed by atoms with Crippen molar-refractivity contribution in [2.45, 2.75) is 18.6 Å². The first-order valence-corrected chi connectivity index (χ1v) is 7.39. The number of nitrogens with zero attached hydrogens (tertiary/aromatic N) is 5. The summed E-state index contributed by atoms with van der Waals surface area (Å²) in [5.41, 5.74) is 1.43. The van der Waals surface area contributed by atoms with E-state index in [9.17, 15) is 4.79 Å². The fraction of sp³-hybridized carbons (Fsp3) is 0.467. The number of aromatic nitrogens is 4. The van der Waals surface area contributed by atoms with Crippen molar-refractivity contribution in [1.82, 2.24) is 25.1 Å². The van der Waals surface area contributed by atoms with E-state index >= 15 is 0 Å². The normalized spacial score (nSPS) is 20.9. The summed E-state index contributed by atoms with van der Waals surface area (Å²) < 4.78 is 12.2. The topological polar surface area (TPSA) is 82.4 Å². The molecule has 0 spiro atoms. The van der Waals surface area contributed by atoms with Crippen molar-refractivity contribution in [3.8, 4) is 5.69 Å². The molecule has 1 aromatic carbocycles. The fourth-order valence-electron chi connectivity index (χ4n) is 2.85. The standard InChI is InChI=1S/C15H19N5O3/c1-22-9-13-7-14(23-2)8-19(13)15(21)11-3-5-12(6-4-11)20-10-16-17-18-20/h3-6,10,13-14H,7-9H2,1-2H3/t13-,14-/m0/s1. The van der Waals surface area contributed by atoms with E-state index in [1.807, 2.05) is 17.0 Å². The number of hydrogen-bond acceptors (Lipinski definition) is 6. The third kappa shape index (κ3) is 3.22. The van der Waals surface area contributed by atoms with Gasteiger partial charge in [0.1, 0.15) is 6.33 Å². The van der Waals surface area contributed by atoms with Crippen LogP contribution in [0.5, 0.6) is 0 Å². The highest BCUT2D eigenvalue weighted by Gasteiger charge is 2.35. The molecule has 23 heavy (non-hydrogen) atoms. The summed E-state index contributed by atoms with van der Waals surface area (Å²) in [5, 5.41) is 11.0. The smallest absolute Gasteiger partial charge is 0.254 e. The molecule has 1 aromatic heterocycles. The van der Waals surface area contributed by atoms with E-state index in [0.29, 0.717) is 18.7 Å². The zero-order chi connectivity index (χ0) is 16.2. The lowest BCUT2D eigenvalue weighted by molar-refractivity contribution is 0.0612. The Kier molecular flexibility index (Phi) is 4.63. The van der Waals surface area contributed by atoms with Crippen LogP contribution in [0.4, 0.5) is 0 Å². The Morgan fingerprint density at radius 1 is 1.30 bits per heavy atom. The Labute approximate surface area is 134 Å². The molecule has 0 radical (unpaired) electrons. The van der Waals surface area contributed by atoms with Gasteiger partial charge in [-0.15, -0.1) is 5.10 Å². The van der Waals surface area contributed by atoms with Gasteiger partial charge >= 0.3 is 0 Å². The Hall–Kier alpha value is -2.32. The summed E-state index contributed by atoms with van der Waals surface area (Å²) in [4.78, 5) is 14.6. The van der Waals surface area contributed by atoms with E-state index in [4.69, 9.17) is 9.47 Å². The van der Waals surface area contributed by atoms with Crippen LogP contribution in [0.3, 0.4) is 0 Å². The Morgan fingerprint density at radius 3 is 2.70 bits per heavy atom. The molecular weight excluding hydrogens is 298 g/mol. The maximum absolute atomic E-state index is 12.8. The Morgan fingerprint density at radius 2 is 2.09 bits per heavy atom. The molecule has 0 bridgehead atoms. The lowest BCUT2D eigenvalue weighted by Gasteiger charge is -2.23. The molecule has 2 aromatic rings. The maximum Gasteiger partial charge on any atom is 0.254 e. The van der Waals surface area contributed by atoms with Gasteiger partial charge in [0.2, 0.25) is 0 Å². The number of benzene rings is 1. The van der Waals surface area contributed by atoms with E-state index in [1.54, 1.807) is 31.0 Å². The average Bonchev–Trinajstić information content (AvgIpc) is 3.24. The molecule has 0 saturated carbocycles. The molecule has 2 heterocycles. The molecule has 122 valence electrons. The first kappa shape index (κ1) is 15.6. The van der Waals surface area contributed by atoms with Crippen molar-refractivity contribution in [3.05, 3.63) is 36.2 Å². The van der Waals surface area contributed by atoms with Crippen molar-refractivity contribution in [3.63, 3.8) is 0 Å². The average molecular weight is 317 g/mol. The van der Waals surface area contributed by atoms with Gasteiger partial charge in [0.25, 0.3) is 5.91 Å². The Bertz CT molecular complexity index is 644. The molecule has 0 N–H and O–H groups in total. The van der Waals surface area contributed by atoms with Crippen LogP contribution in [0.1, 0.15) is 16.8 Å². The van der Waals surface area contributed by atoms with Crippen molar-refractivity contribution < 1.29 is 14.3 Å². The van der Waals surface area contributed by atoms with E-state index in [2.05, 4.69) is 15.5 Å². The number of amides is 1. The number of tetrazole rings is 1. The van der Waals surface area contributed by atoms with Gasteiger partial charge in [-0.3, -0.25) is 4.79 Å². The molecule has 1 saturated heterocycles. The monoisotopic (exact) mass is 317 g/mol. The van der Waals surface area contributed by atoms with Gasteiger partial charge < -0.3 is 14.4 Å². The second kappa shape index (κ2) is 6.84. The zero-order valence-electron chi connectivity index (χ0n) is 13.1. The summed E-state index contributed by atoms with van der Waals surface area (Å²) in [6.45, 7) is 1.09. The molecule has 0 aliphatic carbocycles. The van der Waals surface area contributed by atoms with Crippen molar-refractivity contribution in [1.29, 1.82) is 0 Å². The number of rotatable bonds is 5. The van der Waals surface area contributed by atoms with Gasteiger partial charge in [-0.25, -0.2) is 4.68 Å². The molecule has 3 rings (SSSR count). The minimum Gasteiger partial charge on any atom is -0.383 e. The minimum atomic E-state index is -0.0186. The fourth-order valence-corrected chi connectivity index (χ4v) is 2.85. The van der Waals surface area contributed by atoms with Crippen LogP contribution in [-0.4, -0.2) is 70.5 Å². The van der Waals surface area contributed by atoms with Crippen LogP contribution < -0.4 is 0 Å². The van der Waals surface area contributed by atoms with Crippen LogP contribution in [0.2, 0.25) is 0 Å². The highest BCUT2D eigenvalue weighted by Crippen LogP contribution is 2.23. The molecule has 2 atom stereocenters. The van der Waals surface area contributed by atoms with E-state index < -0.39 is 0 Å². The van der Waals surface area contributed by atoms with Crippen LogP contribution in [-0.2, 0) is 9.47 Å². The number of carbonyl (C=O) groups excluding carboxylic acids is 1. The van der Waals surface area contributed by atoms with Gasteiger partial charge in [0.05, 0.1) is 24.4 Å². The highest BCUT2D eigenvalue weighted by atomic mass is 16.5. The quantitative estimate of drug-likeness (QED) is 0.800. The number of ether oxygens (including phenoxy) is 2. The maximum atomic E-state index is 12.8. The molecule has 1 amide bonds. The third-order valence-electron chi connectivity index (χ3n) is 4.06. The Balaban J connectivity index is 1.76. The lowest BCUT2D eigenvalue weighted by Crippen LogP contribution is -2.38. The third-order valence-corrected chi connectivity index (χ3v) is 4.06. The van der Waals surface area contributed by atoms with Gasteiger partial charge in [0, 0.05) is 26.3 Å². The van der Waals surface area contributed by atoms with Crippen molar-refractivity contribution in [2.24, 2.45) is 0 Å².